The molecule has 2 aromatic heterocycles. The maximum absolute atomic E-state index is 6.07. The molecule has 1 aliphatic heterocycles. The Balaban J connectivity index is 1.38. The molecule has 0 bridgehead atoms. The molecular weight excluding hydrogens is 357 g/mol. The molecule has 1 N–H and O–H groups in total. The minimum absolute atomic E-state index is 0.528. The number of nitrogens with one attached hydrogen (secondary N) is 1. The van der Waals surface area contributed by atoms with Gasteiger partial charge in [-0.25, -0.2) is 4.98 Å². The number of rotatable bonds is 5. The summed E-state index contributed by atoms with van der Waals surface area (Å²) in [5, 5.41) is 4.51. The normalized spacial score (nSPS) is 13.8. The van der Waals surface area contributed by atoms with Crippen molar-refractivity contribution in [3.63, 3.8) is 0 Å². The first-order valence-electron chi connectivity index (χ1n) is 8.49. The van der Waals surface area contributed by atoms with Crippen LogP contribution in [0.1, 0.15) is 30.1 Å². The smallest absolute Gasteiger partial charge is 0.134 e. The molecule has 1 aromatic carbocycles. The molecule has 0 saturated heterocycles. The van der Waals surface area contributed by atoms with Crippen molar-refractivity contribution in [3.8, 4) is 11.3 Å². The lowest BCUT2D eigenvalue weighted by molar-refractivity contribution is 0.475. The molecule has 3 heterocycles. The lowest BCUT2D eigenvalue weighted by Crippen LogP contribution is -2.18. The zero-order valence-electron chi connectivity index (χ0n) is 13.8. The first-order chi connectivity index (χ1) is 12.2. The van der Waals surface area contributed by atoms with Gasteiger partial charge in [-0.1, -0.05) is 23.2 Å². The fourth-order valence-corrected chi connectivity index (χ4v) is 3.51. The molecule has 0 atom stereocenters. The van der Waals surface area contributed by atoms with Crippen LogP contribution in [0.15, 0.2) is 40.9 Å². The molecule has 0 spiro atoms. The lowest BCUT2D eigenvalue weighted by Gasteiger charge is -2.16. The molecule has 130 valence electrons. The largest absolute Gasteiger partial charge is 0.460 e. The van der Waals surface area contributed by atoms with Crippen LogP contribution < -0.4 is 5.32 Å². The number of nitrogens with zero attached hydrogens (tertiary/aromatic N) is 2. The third kappa shape index (κ3) is 3.61. The van der Waals surface area contributed by atoms with Gasteiger partial charge in [0.1, 0.15) is 17.3 Å². The zero-order valence-corrected chi connectivity index (χ0v) is 15.3. The van der Waals surface area contributed by atoms with Crippen LogP contribution in [0.25, 0.3) is 11.3 Å². The molecule has 3 aromatic rings. The highest BCUT2D eigenvalue weighted by atomic mass is 35.5. The zero-order chi connectivity index (χ0) is 17.2. The molecule has 0 fully saturated rings. The lowest BCUT2D eigenvalue weighted by atomic mass is 10.1. The number of fused-ring (bicyclic) bond motifs is 1. The van der Waals surface area contributed by atoms with E-state index in [0.717, 1.165) is 36.6 Å². The molecule has 6 heteroatoms. The van der Waals surface area contributed by atoms with Crippen molar-refractivity contribution in [3.05, 3.63) is 63.9 Å². The van der Waals surface area contributed by atoms with Crippen molar-refractivity contribution in [1.29, 1.82) is 0 Å². The molecule has 25 heavy (non-hydrogen) atoms. The minimum atomic E-state index is 0.528. The molecular formula is C19H19Cl2N3O. The highest BCUT2D eigenvalue weighted by molar-refractivity contribution is 6.42. The molecule has 0 unspecified atom stereocenters. The van der Waals surface area contributed by atoms with Crippen LogP contribution in [0, 0.1) is 0 Å². The fourth-order valence-electron chi connectivity index (χ4n) is 3.21. The van der Waals surface area contributed by atoms with Gasteiger partial charge in [0.05, 0.1) is 22.3 Å². The Kier molecular flexibility index (Phi) is 4.84. The summed E-state index contributed by atoms with van der Waals surface area (Å²) in [6.07, 6.45) is 5.55. The Morgan fingerprint density at radius 3 is 2.88 bits per heavy atom. The van der Waals surface area contributed by atoms with Crippen LogP contribution >= 0.6 is 23.2 Å². The number of benzene rings is 1. The van der Waals surface area contributed by atoms with Crippen LogP contribution in [-0.2, 0) is 26.1 Å². The van der Waals surface area contributed by atoms with Gasteiger partial charge < -0.3 is 14.3 Å². The molecule has 0 saturated carbocycles. The highest BCUT2D eigenvalue weighted by Gasteiger charge is 2.13. The van der Waals surface area contributed by atoms with Gasteiger partial charge in [-0.2, -0.15) is 0 Å². The predicted molar refractivity (Wildman–Crippen MR) is 99.9 cm³/mol. The molecule has 4 nitrogen and oxygen atoms in total. The number of halogens is 2. The highest BCUT2D eigenvalue weighted by Crippen LogP contribution is 2.29. The quantitative estimate of drug-likeness (QED) is 0.676. The van der Waals surface area contributed by atoms with Gasteiger partial charge in [0.25, 0.3) is 0 Å². The van der Waals surface area contributed by atoms with E-state index in [1.165, 1.54) is 24.4 Å². The third-order valence-corrected chi connectivity index (χ3v) is 5.26. The first-order valence-corrected chi connectivity index (χ1v) is 9.24. The summed E-state index contributed by atoms with van der Waals surface area (Å²) in [5.41, 5.74) is 2.16. The van der Waals surface area contributed by atoms with E-state index in [9.17, 15) is 0 Å². The Morgan fingerprint density at radius 2 is 2.00 bits per heavy atom. The van der Waals surface area contributed by atoms with Crippen LogP contribution in [0.4, 0.5) is 0 Å². The number of aromatic nitrogens is 2. The fraction of sp³-hybridized carbons (Fsp3) is 0.316. The SMILES string of the molecule is Clc1ccc(-c2ccc(CNCc3cnc4n3CCCC4)o2)cc1Cl. The van der Waals surface area contributed by atoms with E-state index in [2.05, 4.69) is 14.9 Å². The summed E-state index contributed by atoms with van der Waals surface area (Å²) in [6, 6.07) is 9.44. The van der Waals surface area contributed by atoms with Crippen LogP contribution in [-0.4, -0.2) is 9.55 Å². The van der Waals surface area contributed by atoms with Crippen LogP contribution in [0.5, 0.6) is 0 Å². The van der Waals surface area contributed by atoms with Crippen LogP contribution in [0.3, 0.4) is 0 Å². The van der Waals surface area contributed by atoms with Gasteiger partial charge in [-0.3, -0.25) is 0 Å². The van der Waals surface area contributed by atoms with E-state index in [4.69, 9.17) is 27.6 Å². The van der Waals surface area contributed by atoms with Crippen molar-refractivity contribution in [2.75, 3.05) is 0 Å². The average molecular weight is 376 g/mol. The van der Waals surface area contributed by atoms with Gasteiger partial charge in [-0.15, -0.1) is 0 Å². The Bertz CT molecular complexity index is 885. The Hall–Kier alpha value is -1.75. The van der Waals surface area contributed by atoms with Gasteiger partial charge in [0.15, 0.2) is 0 Å². The van der Waals surface area contributed by atoms with Crippen molar-refractivity contribution >= 4 is 23.2 Å². The van der Waals surface area contributed by atoms with Gasteiger partial charge in [0.2, 0.25) is 0 Å². The first kappa shape index (κ1) is 16.7. The van der Waals surface area contributed by atoms with E-state index in [-0.39, 0.29) is 0 Å². The average Bonchev–Trinajstić information content (AvgIpc) is 3.25. The second kappa shape index (κ2) is 7.24. The summed E-state index contributed by atoms with van der Waals surface area (Å²) in [5.74, 6) is 2.89. The maximum Gasteiger partial charge on any atom is 0.134 e. The number of furan rings is 1. The Morgan fingerprint density at radius 1 is 1.08 bits per heavy atom. The van der Waals surface area contributed by atoms with Crippen molar-refractivity contribution in [1.82, 2.24) is 14.9 Å². The molecule has 1 aliphatic rings. The van der Waals surface area contributed by atoms with Crippen molar-refractivity contribution in [2.45, 2.75) is 38.9 Å². The van der Waals surface area contributed by atoms with Gasteiger partial charge >= 0.3 is 0 Å². The second-order valence-corrected chi connectivity index (χ2v) is 7.09. The van der Waals surface area contributed by atoms with Crippen molar-refractivity contribution < 1.29 is 4.42 Å². The van der Waals surface area contributed by atoms with Gasteiger partial charge in [-0.05, 0) is 43.2 Å². The second-order valence-electron chi connectivity index (χ2n) is 6.27. The number of aryl methyl sites for hydroxylation is 1. The van der Waals surface area contributed by atoms with Crippen molar-refractivity contribution in [2.24, 2.45) is 0 Å². The molecule has 4 rings (SSSR count). The van der Waals surface area contributed by atoms with E-state index < -0.39 is 0 Å². The number of hydrogen-bond acceptors (Lipinski definition) is 3. The van der Waals surface area contributed by atoms with E-state index in [0.29, 0.717) is 16.6 Å². The summed E-state index contributed by atoms with van der Waals surface area (Å²) in [6.45, 7) is 2.53. The van der Waals surface area contributed by atoms with E-state index >= 15 is 0 Å². The Labute approximate surface area is 156 Å². The molecule has 0 amide bonds. The summed E-state index contributed by atoms with van der Waals surface area (Å²) in [7, 11) is 0. The third-order valence-electron chi connectivity index (χ3n) is 4.52. The predicted octanol–water partition coefficient (Wildman–Crippen LogP) is 5.08. The molecule has 0 radical (unpaired) electrons. The minimum Gasteiger partial charge on any atom is -0.460 e. The van der Waals surface area contributed by atoms with E-state index in [1.807, 2.05) is 30.5 Å². The maximum atomic E-state index is 6.07. The standard InChI is InChI=1S/C19H19Cl2N3O/c20-16-6-4-13(9-17(16)21)18-7-5-15(25-18)12-22-10-14-11-23-19-3-1-2-8-24(14)19/h4-7,9,11,22H,1-3,8,10,12H2. The summed E-state index contributed by atoms with van der Waals surface area (Å²) >= 11 is 12.0. The number of imidazole rings is 1. The summed E-state index contributed by atoms with van der Waals surface area (Å²) < 4.78 is 8.24. The molecule has 0 aliphatic carbocycles. The monoisotopic (exact) mass is 375 g/mol. The van der Waals surface area contributed by atoms with Crippen LogP contribution in [0.2, 0.25) is 10.0 Å². The summed E-state index contributed by atoms with van der Waals surface area (Å²) in [4.78, 5) is 4.52. The topological polar surface area (TPSA) is 43.0 Å². The number of hydrogen-bond donors (Lipinski definition) is 1. The van der Waals surface area contributed by atoms with Gasteiger partial charge in [0, 0.05) is 31.3 Å². The van der Waals surface area contributed by atoms with E-state index in [1.54, 1.807) is 6.07 Å².